The van der Waals surface area contributed by atoms with Gasteiger partial charge in [0.2, 0.25) is 0 Å². The van der Waals surface area contributed by atoms with Gasteiger partial charge in [0.1, 0.15) is 11.6 Å². The molecule has 1 rings (SSSR count). The van der Waals surface area contributed by atoms with Crippen LogP contribution >= 0.6 is 0 Å². The first kappa shape index (κ1) is 10.9. The van der Waals surface area contributed by atoms with Gasteiger partial charge in [0.25, 0.3) is 0 Å². The smallest absolute Gasteiger partial charge is 0.126 e. The van der Waals surface area contributed by atoms with E-state index in [9.17, 15) is 4.39 Å². The molecule has 0 heterocycles. The summed E-state index contributed by atoms with van der Waals surface area (Å²) in [6.07, 6.45) is -0.101. The highest BCUT2D eigenvalue weighted by Crippen LogP contribution is 2.12. The minimum Gasteiger partial charge on any atom is -0.493 e. The molecule has 0 aliphatic heterocycles. The summed E-state index contributed by atoms with van der Waals surface area (Å²) in [5.74, 6) is 0.135. The second kappa shape index (κ2) is 5.57. The molecule has 0 saturated carbocycles. The van der Waals surface area contributed by atoms with Crippen molar-refractivity contribution >= 4 is 0 Å². The maximum absolute atomic E-state index is 12.7. The van der Waals surface area contributed by atoms with Gasteiger partial charge in [0.15, 0.2) is 0 Å². The Labute approximate surface area is 82.3 Å². The van der Waals surface area contributed by atoms with Crippen LogP contribution in [-0.4, -0.2) is 24.4 Å². The standard InChI is InChI=1S/C10H14FNO2/c11-8-2-1-3-10(6-8)14-5-4-9(13)7-12/h1-3,6,9,13H,4-5,7,12H2/t9-/m0/s1. The molecule has 0 saturated heterocycles. The Kier molecular flexibility index (Phi) is 4.35. The molecule has 0 aliphatic rings. The third-order valence-corrected chi connectivity index (χ3v) is 1.79. The molecule has 0 aromatic heterocycles. The summed E-state index contributed by atoms with van der Waals surface area (Å²) in [5, 5.41) is 9.11. The van der Waals surface area contributed by atoms with Gasteiger partial charge >= 0.3 is 0 Å². The van der Waals surface area contributed by atoms with Crippen molar-refractivity contribution in [3.8, 4) is 5.75 Å². The molecule has 3 N–H and O–H groups in total. The lowest BCUT2D eigenvalue weighted by molar-refractivity contribution is 0.146. The van der Waals surface area contributed by atoms with Gasteiger partial charge in [0, 0.05) is 19.0 Å². The number of rotatable bonds is 5. The normalized spacial score (nSPS) is 12.5. The Morgan fingerprint density at radius 2 is 2.29 bits per heavy atom. The second-order valence-corrected chi connectivity index (χ2v) is 2.98. The first-order valence-electron chi connectivity index (χ1n) is 4.49. The van der Waals surface area contributed by atoms with Crippen molar-refractivity contribution in [1.82, 2.24) is 0 Å². The SMILES string of the molecule is NC[C@@H](O)CCOc1cccc(F)c1. The number of halogens is 1. The Morgan fingerprint density at radius 1 is 1.50 bits per heavy atom. The first-order valence-corrected chi connectivity index (χ1v) is 4.49. The molecule has 78 valence electrons. The Morgan fingerprint density at radius 3 is 2.93 bits per heavy atom. The van der Waals surface area contributed by atoms with E-state index in [2.05, 4.69) is 0 Å². The number of benzene rings is 1. The quantitative estimate of drug-likeness (QED) is 0.741. The maximum Gasteiger partial charge on any atom is 0.126 e. The largest absolute Gasteiger partial charge is 0.493 e. The third-order valence-electron chi connectivity index (χ3n) is 1.79. The van der Waals surface area contributed by atoms with Crippen molar-refractivity contribution in [2.24, 2.45) is 5.73 Å². The van der Waals surface area contributed by atoms with Crippen LogP contribution in [0.1, 0.15) is 6.42 Å². The lowest BCUT2D eigenvalue weighted by atomic mass is 10.3. The molecule has 0 spiro atoms. The highest BCUT2D eigenvalue weighted by atomic mass is 19.1. The number of ether oxygens (including phenoxy) is 1. The van der Waals surface area contributed by atoms with Crippen LogP contribution in [-0.2, 0) is 0 Å². The monoisotopic (exact) mass is 199 g/mol. The zero-order valence-electron chi connectivity index (χ0n) is 7.82. The zero-order chi connectivity index (χ0) is 10.4. The molecule has 0 unspecified atom stereocenters. The molecule has 14 heavy (non-hydrogen) atoms. The van der Waals surface area contributed by atoms with Crippen molar-refractivity contribution in [3.05, 3.63) is 30.1 Å². The summed E-state index contributed by atoms with van der Waals surface area (Å²) in [7, 11) is 0. The number of aliphatic hydroxyl groups excluding tert-OH is 1. The molecule has 1 aromatic rings. The van der Waals surface area contributed by atoms with Gasteiger partial charge in [-0.3, -0.25) is 0 Å². The average molecular weight is 199 g/mol. The highest BCUT2D eigenvalue weighted by molar-refractivity contribution is 5.22. The van der Waals surface area contributed by atoms with Crippen LogP contribution in [0, 0.1) is 5.82 Å². The molecule has 3 nitrogen and oxygen atoms in total. The lowest BCUT2D eigenvalue weighted by Crippen LogP contribution is -2.21. The van der Waals surface area contributed by atoms with Crippen molar-refractivity contribution < 1.29 is 14.2 Å². The van der Waals surface area contributed by atoms with Crippen LogP contribution in [0.4, 0.5) is 4.39 Å². The predicted molar refractivity (Wildman–Crippen MR) is 51.6 cm³/mol. The lowest BCUT2D eigenvalue weighted by Gasteiger charge is -2.09. The van der Waals surface area contributed by atoms with E-state index in [-0.39, 0.29) is 12.4 Å². The van der Waals surface area contributed by atoms with E-state index >= 15 is 0 Å². The van der Waals surface area contributed by atoms with E-state index in [1.54, 1.807) is 12.1 Å². The Balaban J connectivity index is 2.31. The summed E-state index contributed by atoms with van der Waals surface area (Å²) >= 11 is 0. The molecule has 0 amide bonds. The fraction of sp³-hybridized carbons (Fsp3) is 0.400. The van der Waals surface area contributed by atoms with Crippen LogP contribution < -0.4 is 10.5 Å². The molecular formula is C10H14FNO2. The van der Waals surface area contributed by atoms with Crippen molar-refractivity contribution in [2.45, 2.75) is 12.5 Å². The fourth-order valence-corrected chi connectivity index (χ4v) is 0.987. The first-order chi connectivity index (χ1) is 6.72. The van der Waals surface area contributed by atoms with Gasteiger partial charge in [-0.05, 0) is 12.1 Å². The van der Waals surface area contributed by atoms with Crippen LogP contribution in [0.5, 0.6) is 5.75 Å². The van der Waals surface area contributed by atoms with Crippen LogP contribution in [0.25, 0.3) is 0 Å². The molecule has 0 aliphatic carbocycles. The topological polar surface area (TPSA) is 55.5 Å². The van der Waals surface area contributed by atoms with Gasteiger partial charge in [-0.15, -0.1) is 0 Å². The number of hydrogen-bond acceptors (Lipinski definition) is 3. The summed E-state index contributed by atoms with van der Waals surface area (Å²) in [6, 6.07) is 5.89. The van der Waals surface area contributed by atoms with Crippen molar-refractivity contribution in [1.29, 1.82) is 0 Å². The molecule has 0 radical (unpaired) electrons. The van der Waals surface area contributed by atoms with E-state index in [4.69, 9.17) is 15.6 Å². The van der Waals surface area contributed by atoms with Crippen molar-refractivity contribution in [3.63, 3.8) is 0 Å². The van der Waals surface area contributed by atoms with Gasteiger partial charge in [-0.25, -0.2) is 4.39 Å². The van der Waals surface area contributed by atoms with E-state index in [1.165, 1.54) is 12.1 Å². The fourth-order valence-electron chi connectivity index (χ4n) is 0.987. The van der Waals surface area contributed by atoms with Crippen molar-refractivity contribution in [2.75, 3.05) is 13.2 Å². The van der Waals surface area contributed by atoms with Crippen LogP contribution in [0.2, 0.25) is 0 Å². The van der Waals surface area contributed by atoms with E-state index < -0.39 is 6.10 Å². The predicted octanol–water partition coefficient (Wildman–Crippen LogP) is 0.914. The van der Waals surface area contributed by atoms with Gasteiger partial charge in [-0.2, -0.15) is 0 Å². The van der Waals surface area contributed by atoms with E-state index in [1.807, 2.05) is 0 Å². The maximum atomic E-state index is 12.7. The molecular weight excluding hydrogens is 185 g/mol. The molecule has 1 aromatic carbocycles. The molecule has 0 fully saturated rings. The van der Waals surface area contributed by atoms with Gasteiger partial charge < -0.3 is 15.6 Å². The molecule has 0 bridgehead atoms. The van der Waals surface area contributed by atoms with Crippen LogP contribution in [0.3, 0.4) is 0 Å². The molecule has 1 atom stereocenters. The Hall–Kier alpha value is -1.13. The third kappa shape index (κ3) is 3.72. The number of nitrogens with two attached hydrogens (primary N) is 1. The highest BCUT2D eigenvalue weighted by Gasteiger charge is 2.01. The number of hydrogen-bond donors (Lipinski definition) is 2. The minimum atomic E-state index is -0.552. The van der Waals surface area contributed by atoms with E-state index in [0.29, 0.717) is 18.8 Å². The summed E-state index contributed by atoms with van der Waals surface area (Å²) in [6.45, 7) is 0.550. The van der Waals surface area contributed by atoms with E-state index in [0.717, 1.165) is 0 Å². The summed E-state index contributed by atoms with van der Waals surface area (Å²) < 4.78 is 17.9. The van der Waals surface area contributed by atoms with Gasteiger partial charge in [-0.1, -0.05) is 6.07 Å². The Bertz CT molecular complexity index is 281. The average Bonchev–Trinajstić information content (AvgIpc) is 2.17. The van der Waals surface area contributed by atoms with Gasteiger partial charge in [0.05, 0.1) is 12.7 Å². The summed E-state index contributed by atoms with van der Waals surface area (Å²) in [4.78, 5) is 0. The summed E-state index contributed by atoms with van der Waals surface area (Å²) in [5.41, 5.74) is 5.21. The number of aliphatic hydroxyl groups is 1. The molecule has 4 heteroatoms. The van der Waals surface area contributed by atoms with Crippen LogP contribution in [0.15, 0.2) is 24.3 Å². The second-order valence-electron chi connectivity index (χ2n) is 2.98. The zero-order valence-corrected chi connectivity index (χ0v) is 7.82. The minimum absolute atomic E-state index is 0.215.